The minimum Gasteiger partial charge on any atom is -0.457 e. The average Bonchev–Trinajstić information content (AvgIpc) is 2.75. The highest BCUT2D eigenvalue weighted by molar-refractivity contribution is 7.92. The van der Waals surface area contributed by atoms with Gasteiger partial charge in [-0.3, -0.25) is 0 Å². The van der Waals surface area contributed by atoms with Gasteiger partial charge in [0.25, 0.3) is 0 Å². The number of hydrogen-bond acceptors (Lipinski definition) is 5. The summed E-state index contributed by atoms with van der Waals surface area (Å²) in [5.41, 5.74) is 1.90. The van der Waals surface area contributed by atoms with Crippen molar-refractivity contribution in [1.29, 1.82) is 0 Å². The number of sulfone groups is 1. The molecule has 3 aromatic carbocycles. The van der Waals surface area contributed by atoms with Gasteiger partial charge in [-0.15, -0.1) is 0 Å². The lowest BCUT2D eigenvalue weighted by molar-refractivity contribution is 0.481. The first kappa shape index (κ1) is 21.6. The molecule has 0 spiro atoms. The molecule has 31 heavy (non-hydrogen) atoms. The van der Waals surface area contributed by atoms with E-state index in [1.807, 2.05) is 12.1 Å². The molecule has 0 bridgehead atoms. The Labute approximate surface area is 190 Å². The molecule has 0 fully saturated rings. The predicted octanol–water partition coefficient (Wildman–Crippen LogP) is 6.58. The number of halogens is 2. The summed E-state index contributed by atoms with van der Waals surface area (Å²) >= 11 is 12.7. The molecular formula is C23H18Cl2N2O3S. The third-order valence-electron chi connectivity index (χ3n) is 4.80. The molecule has 0 saturated heterocycles. The van der Waals surface area contributed by atoms with Crippen LogP contribution in [0.15, 0.2) is 71.9 Å². The lowest BCUT2D eigenvalue weighted by Crippen LogP contribution is -2.13. The molecular weight excluding hydrogens is 455 g/mol. The first-order valence-corrected chi connectivity index (χ1v) is 11.8. The molecule has 0 saturated carbocycles. The Morgan fingerprint density at radius 2 is 1.61 bits per heavy atom. The number of fused-ring (bicyclic) bond motifs is 1. The maximum atomic E-state index is 12.5. The third kappa shape index (κ3) is 4.24. The zero-order chi connectivity index (χ0) is 22.2. The Kier molecular flexibility index (Phi) is 5.88. The zero-order valence-corrected chi connectivity index (χ0v) is 19.0. The van der Waals surface area contributed by atoms with Gasteiger partial charge in [-0.25, -0.2) is 18.4 Å². The van der Waals surface area contributed by atoms with Gasteiger partial charge < -0.3 is 4.74 Å². The Hall–Kier alpha value is -2.67. The van der Waals surface area contributed by atoms with Gasteiger partial charge in [0.15, 0.2) is 9.84 Å². The summed E-state index contributed by atoms with van der Waals surface area (Å²) in [6.07, 6.45) is 1.44. The third-order valence-corrected chi connectivity index (χ3v) is 7.59. The van der Waals surface area contributed by atoms with Crippen LogP contribution < -0.4 is 4.74 Å². The SMILES string of the molecule is CC(C)S(=O)(=O)c1cccc(Oc2ccc(Cl)c(-c3ncnc4c(Cl)cccc34)c2)c1. The molecule has 5 nitrogen and oxygen atoms in total. The topological polar surface area (TPSA) is 69.2 Å². The molecule has 158 valence electrons. The normalized spacial score (nSPS) is 11.8. The average molecular weight is 473 g/mol. The number of para-hydroxylation sites is 1. The van der Waals surface area contributed by atoms with E-state index in [1.165, 1.54) is 12.4 Å². The van der Waals surface area contributed by atoms with Crippen LogP contribution >= 0.6 is 23.2 Å². The zero-order valence-electron chi connectivity index (χ0n) is 16.7. The predicted molar refractivity (Wildman–Crippen MR) is 124 cm³/mol. The number of aromatic nitrogens is 2. The Bertz CT molecular complexity index is 1390. The molecule has 0 amide bonds. The molecule has 4 aromatic rings. The van der Waals surface area contributed by atoms with E-state index in [2.05, 4.69) is 9.97 Å². The van der Waals surface area contributed by atoms with Crippen LogP contribution in [-0.2, 0) is 9.84 Å². The van der Waals surface area contributed by atoms with Gasteiger partial charge in [0.2, 0.25) is 0 Å². The number of nitrogens with zero attached hydrogens (tertiary/aromatic N) is 2. The fourth-order valence-electron chi connectivity index (χ4n) is 3.14. The van der Waals surface area contributed by atoms with E-state index in [-0.39, 0.29) is 4.90 Å². The van der Waals surface area contributed by atoms with Gasteiger partial charge in [0.05, 0.1) is 31.4 Å². The van der Waals surface area contributed by atoms with Crippen LogP contribution in [-0.4, -0.2) is 23.6 Å². The van der Waals surface area contributed by atoms with Gasteiger partial charge in [-0.2, -0.15) is 0 Å². The number of hydrogen-bond donors (Lipinski definition) is 0. The van der Waals surface area contributed by atoms with Gasteiger partial charge >= 0.3 is 0 Å². The smallest absolute Gasteiger partial charge is 0.180 e. The summed E-state index contributed by atoms with van der Waals surface area (Å²) in [6.45, 7) is 3.29. The van der Waals surface area contributed by atoms with E-state index in [9.17, 15) is 8.42 Å². The van der Waals surface area contributed by atoms with Crippen molar-refractivity contribution in [3.8, 4) is 22.8 Å². The highest BCUT2D eigenvalue weighted by Crippen LogP contribution is 2.36. The maximum absolute atomic E-state index is 12.5. The largest absolute Gasteiger partial charge is 0.457 e. The van der Waals surface area contributed by atoms with E-state index < -0.39 is 15.1 Å². The van der Waals surface area contributed by atoms with Crippen molar-refractivity contribution >= 4 is 43.9 Å². The van der Waals surface area contributed by atoms with E-state index >= 15 is 0 Å². The quantitative estimate of drug-likeness (QED) is 0.328. The maximum Gasteiger partial charge on any atom is 0.180 e. The fraction of sp³-hybridized carbons (Fsp3) is 0.130. The Balaban J connectivity index is 1.75. The lowest BCUT2D eigenvalue weighted by Gasteiger charge is -2.12. The molecule has 1 aromatic heterocycles. The van der Waals surface area contributed by atoms with Gasteiger partial charge in [-0.05, 0) is 56.3 Å². The van der Waals surface area contributed by atoms with Crippen molar-refractivity contribution in [2.45, 2.75) is 24.0 Å². The molecule has 1 heterocycles. The first-order valence-electron chi connectivity index (χ1n) is 9.48. The van der Waals surface area contributed by atoms with Crippen molar-refractivity contribution in [2.75, 3.05) is 0 Å². The second-order valence-electron chi connectivity index (χ2n) is 7.17. The van der Waals surface area contributed by atoms with Crippen molar-refractivity contribution in [2.24, 2.45) is 0 Å². The van der Waals surface area contributed by atoms with Crippen molar-refractivity contribution < 1.29 is 13.2 Å². The molecule has 0 atom stereocenters. The molecule has 0 aliphatic carbocycles. The van der Waals surface area contributed by atoms with Crippen molar-refractivity contribution in [3.05, 3.63) is 77.0 Å². The molecule has 0 N–H and O–H groups in total. The summed E-state index contributed by atoms with van der Waals surface area (Å²) in [4.78, 5) is 8.88. The molecule has 4 rings (SSSR count). The van der Waals surface area contributed by atoms with Crippen molar-refractivity contribution in [3.63, 3.8) is 0 Å². The Morgan fingerprint density at radius 3 is 2.39 bits per heavy atom. The second-order valence-corrected chi connectivity index (χ2v) is 10.5. The summed E-state index contributed by atoms with van der Waals surface area (Å²) < 4.78 is 30.9. The number of ether oxygens (including phenoxy) is 1. The molecule has 0 radical (unpaired) electrons. The van der Waals surface area contributed by atoms with Crippen LogP contribution in [0.3, 0.4) is 0 Å². The number of rotatable bonds is 5. The highest BCUT2D eigenvalue weighted by Gasteiger charge is 2.20. The highest BCUT2D eigenvalue weighted by atomic mass is 35.5. The molecule has 0 unspecified atom stereocenters. The second kappa shape index (κ2) is 8.46. The van der Waals surface area contributed by atoms with Gasteiger partial charge in [-0.1, -0.05) is 41.4 Å². The summed E-state index contributed by atoms with van der Waals surface area (Å²) in [5, 5.41) is 1.25. The van der Waals surface area contributed by atoms with Crippen LogP contribution in [0, 0.1) is 0 Å². The van der Waals surface area contributed by atoms with Crippen molar-refractivity contribution in [1.82, 2.24) is 9.97 Å². The van der Waals surface area contributed by atoms with Crippen LogP contribution in [0.25, 0.3) is 22.2 Å². The molecule has 8 heteroatoms. The first-order chi connectivity index (χ1) is 14.8. The van der Waals surface area contributed by atoms with E-state index in [0.717, 1.165) is 5.39 Å². The fourth-order valence-corrected chi connectivity index (χ4v) is 4.66. The Morgan fingerprint density at radius 1 is 0.871 bits per heavy atom. The van der Waals surface area contributed by atoms with Gasteiger partial charge in [0.1, 0.15) is 17.8 Å². The number of benzene rings is 3. The minimum absolute atomic E-state index is 0.214. The molecule has 0 aliphatic heterocycles. The lowest BCUT2D eigenvalue weighted by atomic mass is 10.1. The monoisotopic (exact) mass is 472 g/mol. The summed E-state index contributed by atoms with van der Waals surface area (Å²) in [6, 6.07) is 17.1. The van der Waals surface area contributed by atoms with Crippen LogP contribution in [0.4, 0.5) is 0 Å². The van der Waals surface area contributed by atoms with E-state index in [1.54, 1.807) is 56.3 Å². The van der Waals surface area contributed by atoms with E-state index in [4.69, 9.17) is 27.9 Å². The summed E-state index contributed by atoms with van der Waals surface area (Å²) in [5.74, 6) is 0.901. The van der Waals surface area contributed by atoms with Gasteiger partial charge in [0, 0.05) is 10.9 Å². The summed E-state index contributed by atoms with van der Waals surface area (Å²) in [7, 11) is -3.41. The van der Waals surface area contributed by atoms with E-state index in [0.29, 0.717) is 38.3 Å². The minimum atomic E-state index is -3.41. The molecule has 0 aliphatic rings. The van der Waals surface area contributed by atoms with Crippen LogP contribution in [0.5, 0.6) is 11.5 Å². The van der Waals surface area contributed by atoms with Crippen LogP contribution in [0.2, 0.25) is 10.0 Å². The standard InChI is InChI=1S/C23H18Cl2N2O3S/c1-14(2)31(28,29)17-6-3-5-15(11-17)30-16-9-10-20(24)19(12-16)22-18-7-4-8-21(25)23(18)27-13-26-22/h3-14H,1-2H3. The van der Waals surface area contributed by atoms with Crippen LogP contribution in [0.1, 0.15) is 13.8 Å².